The van der Waals surface area contributed by atoms with E-state index >= 15 is 0 Å². The largest absolute Gasteiger partial charge is 0.346 e. The van der Waals surface area contributed by atoms with Crippen molar-refractivity contribution in [3.8, 4) is 22.3 Å². The van der Waals surface area contributed by atoms with E-state index < -0.39 is 0 Å². The van der Waals surface area contributed by atoms with Crippen LogP contribution < -0.4 is 11.3 Å². The van der Waals surface area contributed by atoms with Crippen LogP contribution in [-0.2, 0) is 6.54 Å². The van der Waals surface area contributed by atoms with Crippen molar-refractivity contribution < 1.29 is 0 Å². The molecular weight excluding hydrogens is 350 g/mol. The monoisotopic (exact) mass is 367 g/mol. The fourth-order valence-corrected chi connectivity index (χ4v) is 3.57. The van der Waals surface area contributed by atoms with E-state index in [1.807, 2.05) is 48.8 Å². The first-order valence-electron chi connectivity index (χ1n) is 8.99. The fourth-order valence-electron chi connectivity index (χ4n) is 3.57. The molecule has 0 aliphatic rings. The summed E-state index contributed by atoms with van der Waals surface area (Å²) in [7, 11) is 0. The predicted octanol–water partition coefficient (Wildman–Crippen LogP) is 3.59. The maximum atomic E-state index is 12.1. The number of pyridine rings is 1. The molecule has 6 nitrogen and oxygen atoms in total. The lowest BCUT2D eigenvalue weighted by atomic mass is 10.00. The highest BCUT2D eigenvalue weighted by Crippen LogP contribution is 2.31. The summed E-state index contributed by atoms with van der Waals surface area (Å²) in [6.07, 6.45) is 3.81. The van der Waals surface area contributed by atoms with Gasteiger partial charge in [-0.2, -0.15) is 5.10 Å². The van der Waals surface area contributed by atoms with Crippen LogP contribution in [0.15, 0.2) is 71.8 Å². The van der Waals surface area contributed by atoms with E-state index in [1.54, 1.807) is 0 Å². The number of fused-ring (bicyclic) bond motifs is 2. The Labute approximate surface area is 160 Å². The Morgan fingerprint density at radius 3 is 2.54 bits per heavy atom. The molecule has 0 saturated heterocycles. The number of nitrogens with zero attached hydrogens (tertiary/aromatic N) is 2. The van der Waals surface area contributed by atoms with Crippen LogP contribution in [0.25, 0.3) is 44.1 Å². The second-order valence-electron chi connectivity index (χ2n) is 6.65. The van der Waals surface area contributed by atoms with Gasteiger partial charge in [-0.15, -0.1) is 0 Å². The lowest BCUT2D eigenvalue weighted by Crippen LogP contribution is -2.13. The van der Waals surface area contributed by atoms with Gasteiger partial charge in [0.1, 0.15) is 5.65 Å². The third-order valence-electron chi connectivity index (χ3n) is 5.01. The Balaban J connectivity index is 1.70. The standard InChI is InChI=1S/C22H17N5O/c23-10-20-17-8-14(6-7-16(17)22(28)27-26-20)15-9-18-19(12-25-21(18)24-11-15)13-4-2-1-3-5-13/h1-9,11-12H,10,23H2,(H,24,25)(H,27,28). The maximum Gasteiger partial charge on any atom is 0.272 e. The number of aromatic nitrogens is 4. The summed E-state index contributed by atoms with van der Waals surface area (Å²) in [5.74, 6) is 0. The molecule has 0 unspecified atom stereocenters. The number of hydrogen-bond donors (Lipinski definition) is 3. The van der Waals surface area contributed by atoms with Gasteiger partial charge in [-0.3, -0.25) is 4.79 Å². The van der Waals surface area contributed by atoms with Crippen molar-refractivity contribution in [2.75, 3.05) is 0 Å². The van der Waals surface area contributed by atoms with Gasteiger partial charge in [0.15, 0.2) is 0 Å². The second kappa shape index (κ2) is 6.44. The molecule has 0 bridgehead atoms. The molecule has 28 heavy (non-hydrogen) atoms. The number of aromatic amines is 2. The van der Waals surface area contributed by atoms with Gasteiger partial charge in [0, 0.05) is 40.8 Å². The molecule has 0 atom stereocenters. The van der Waals surface area contributed by atoms with Crippen LogP contribution in [0.4, 0.5) is 0 Å². The van der Waals surface area contributed by atoms with Gasteiger partial charge in [-0.1, -0.05) is 36.4 Å². The van der Waals surface area contributed by atoms with Crippen LogP contribution in [-0.4, -0.2) is 20.2 Å². The lowest BCUT2D eigenvalue weighted by Gasteiger charge is -2.07. The van der Waals surface area contributed by atoms with Gasteiger partial charge < -0.3 is 10.7 Å². The average Bonchev–Trinajstić information content (AvgIpc) is 3.18. The zero-order chi connectivity index (χ0) is 19.1. The van der Waals surface area contributed by atoms with E-state index in [4.69, 9.17) is 5.73 Å². The minimum Gasteiger partial charge on any atom is -0.346 e. The van der Waals surface area contributed by atoms with E-state index in [0.29, 0.717) is 11.1 Å². The number of nitrogens with two attached hydrogens (primary N) is 1. The molecule has 6 heteroatoms. The number of benzene rings is 2. The fraction of sp³-hybridized carbons (Fsp3) is 0.0455. The van der Waals surface area contributed by atoms with Crippen LogP contribution in [0.1, 0.15) is 5.69 Å². The van der Waals surface area contributed by atoms with E-state index in [0.717, 1.165) is 38.7 Å². The number of rotatable bonds is 3. The van der Waals surface area contributed by atoms with Crippen molar-refractivity contribution in [3.63, 3.8) is 0 Å². The molecule has 136 valence electrons. The third-order valence-corrected chi connectivity index (χ3v) is 5.01. The molecule has 0 fully saturated rings. The summed E-state index contributed by atoms with van der Waals surface area (Å²) < 4.78 is 0. The van der Waals surface area contributed by atoms with Gasteiger partial charge >= 0.3 is 0 Å². The van der Waals surface area contributed by atoms with E-state index in [9.17, 15) is 4.79 Å². The smallest absolute Gasteiger partial charge is 0.272 e. The van der Waals surface area contributed by atoms with Crippen LogP contribution >= 0.6 is 0 Å². The first kappa shape index (κ1) is 16.4. The van der Waals surface area contributed by atoms with Crippen LogP contribution in [0.2, 0.25) is 0 Å². The summed E-state index contributed by atoms with van der Waals surface area (Å²) in [5, 5.41) is 8.97. The van der Waals surface area contributed by atoms with Crippen LogP contribution in [0, 0.1) is 0 Å². The molecule has 0 amide bonds. The van der Waals surface area contributed by atoms with E-state index in [2.05, 4.69) is 38.4 Å². The summed E-state index contributed by atoms with van der Waals surface area (Å²) in [4.78, 5) is 19.9. The van der Waals surface area contributed by atoms with Gasteiger partial charge in [0.25, 0.3) is 5.56 Å². The van der Waals surface area contributed by atoms with E-state index in [1.165, 1.54) is 0 Å². The molecule has 5 aromatic rings. The number of nitrogens with one attached hydrogen (secondary N) is 2. The summed E-state index contributed by atoms with van der Waals surface area (Å²) >= 11 is 0. The van der Waals surface area contributed by atoms with E-state index in [-0.39, 0.29) is 12.1 Å². The van der Waals surface area contributed by atoms with Crippen LogP contribution in [0.3, 0.4) is 0 Å². The zero-order valence-corrected chi connectivity index (χ0v) is 14.9. The normalized spacial score (nSPS) is 11.3. The molecule has 3 aromatic heterocycles. The SMILES string of the molecule is NCc1n[nH]c(=O)c2ccc(-c3cnc4[nH]cc(-c5ccccc5)c4c3)cc12. The molecule has 0 saturated carbocycles. The molecule has 3 heterocycles. The minimum atomic E-state index is -0.218. The predicted molar refractivity (Wildman–Crippen MR) is 111 cm³/mol. The Morgan fingerprint density at radius 2 is 1.71 bits per heavy atom. The van der Waals surface area contributed by atoms with Gasteiger partial charge in [0.2, 0.25) is 0 Å². The van der Waals surface area contributed by atoms with Crippen molar-refractivity contribution in [2.24, 2.45) is 5.73 Å². The average molecular weight is 367 g/mol. The summed E-state index contributed by atoms with van der Waals surface area (Å²) in [6, 6.07) is 18.0. The molecule has 5 rings (SSSR count). The van der Waals surface area contributed by atoms with Crippen molar-refractivity contribution >= 4 is 21.8 Å². The Hall–Kier alpha value is -3.77. The minimum absolute atomic E-state index is 0.218. The Kier molecular flexibility index (Phi) is 3.77. The molecule has 2 aromatic carbocycles. The van der Waals surface area contributed by atoms with Crippen LogP contribution in [0.5, 0.6) is 0 Å². The van der Waals surface area contributed by atoms with Gasteiger partial charge in [-0.05, 0) is 29.3 Å². The van der Waals surface area contributed by atoms with Crippen molar-refractivity contribution in [1.29, 1.82) is 0 Å². The summed E-state index contributed by atoms with van der Waals surface area (Å²) in [5.41, 5.74) is 11.2. The molecule has 0 aliphatic carbocycles. The highest BCUT2D eigenvalue weighted by Gasteiger charge is 2.11. The molecule has 4 N–H and O–H groups in total. The topological polar surface area (TPSA) is 100 Å². The van der Waals surface area contributed by atoms with Crippen molar-refractivity contribution in [1.82, 2.24) is 20.2 Å². The van der Waals surface area contributed by atoms with Crippen molar-refractivity contribution in [2.45, 2.75) is 6.54 Å². The summed E-state index contributed by atoms with van der Waals surface area (Å²) in [6.45, 7) is 0.254. The maximum absolute atomic E-state index is 12.1. The third kappa shape index (κ3) is 2.59. The van der Waals surface area contributed by atoms with Gasteiger partial charge in [0.05, 0.1) is 11.1 Å². The van der Waals surface area contributed by atoms with Crippen molar-refractivity contribution in [3.05, 3.63) is 83.0 Å². The molecular formula is C22H17N5O. The first-order valence-corrected chi connectivity index (χ1v) is 8.99. The lowest BCUT2D eigenvalue weighted by molar-refractivity contribution is 0.900. The number of H-pyrrole nitrogens is 2. The number of hydrogen-bond acceptors (Lipinski definition) is 4. The Bertz CT molecular complexity index is 1370. The van der Waals surface area contributed by atoms with Gasteiger partial charge in [-0.25, -0.2) is 10.1 Å². The highest BCUT2D eigenvalue weighted by atomic mass is 16.1. The zero-order valence-electron chi connectivity index (χ0n) is 14.9. The first-order chi connectivity index (χ1) is 13.7. The highest BCUT2D eigenvalue weighted by molar-refractivity contribution is 5.96. The second-order valence-corrected chi connectivity index (χ2v) is 6.65. The molecule has 0 spiro atoms. The Morgan fingerprint density at radius 1 is 0.893 bits per heavy atom. The molecule has 0 aliphatic heterocycles. The molecule has 0 radical (unpaired) electrons. The quantitative estimate of drug-likeness (QED) is 0.454.